The van der Waals surface area contributed by atoms with Gasteiger partial charge in [-0.25, -0.2) is 0 Å². The van der Waals surface area contributed by atoms with Crippen LogP contribution in [0.4, 0.5) is 5.69 Å². The van der Waals surface area contributed by atoms with Gasteiger partial charge in [-0.3, -0.25) is 0 Å². The van der Waals surface area contributed by atoms with E-state index < -0.39 is 0 Å². The quantitative estimate of drug-likeness (QED) is 0.677. The smallest absolute Gasteiger partial charge is 0.0823 e. The van der Waals surface area contributed by atoms with Gasteiger partial charge in [-0.15, -0.1) is 0 Å². The average Bonchev–Trinajstić information content (AvgIpc) is 2.25. The van der Waals surface area contributed by atoms with Crippen LogP contribution in [0.2, 0.25) is 10.0 Å². The summed E-state index contributed by atoms with van der Waals surface area (Å²) < 4.78 is 0. The molecule has 1 N–H and O–H groups in total. The average molecular weight is 260 g/mol. The summed E-state index contributed by atoms with van der Waals surface area (Å²) >= 11 is 12.1. The zero-order chi connectivity index (χ0) is 12.0. The van der Waals surface area contributed by atoms with Crippen LogP contribution in [0.15, 0.2) is 18.2 Å². The lowest BCUT2D eigenvalue weighted by Crippen LogP contribution is -2.15. The number of hydrogen-bond acceptors (Lipinski definition) is 1. The van der Waals surface area contributed by atoms with E-state index in [0.29, 0.717) is 16.1 Å². The number of halogens is 2. The fourth-order valence-electron chi connectivity index (χ4n) is 1.65. The van der Waals surface area contributed by atoms with Gasteiger partial charge in [0.25, 0.3) is 0 Å². The van der Waals surface area contributed by atoms with Crippen molar-refractivity contribution in [1.29, 1.82) is 0 Å². The van der Waals surface area contributed by atoms with Crippen molar-refractivity contribution in [1.82, 2.24) is 0 Å². The minimum atomic E-state index is 0.433. The van der Waals surface area contributed by atoms with E-state index in [0.717, 1.165) is 12.1 Å². The molecule has 16 heavy (non-hydrogen) atoms. The van der Waals surface area contributed by atoms with Crippen molar-refractivity contribution in [2.24, 2.45) is 0 Å². The molecule has 0 radical (unpaired) electrons. The molecule has 0 bridgehead atoms. The Kier molecular flexibility index (Phi) is 6.00. The van der Waals surface area contributed by atoms with Crippen molar-refractivity contribution in [3.63, 3.8) is 0 Å². The predicted octanol–water partition coefficient (Wildman–Crippen LogP) is 5.37. The number of benzene rings is 1. The lowest BCUT2D eigenvalue weighted by atomic mass is 10.1. The van der Waals surface area contributed by atoms with Gasteiger partial charge >= 0.3 is 0 Å². The molecule has 0 aliphatic heterocycles. The van der Waals surface area contributed by atoms with E-state index in [1.807, 2.05) is 12.1 Å². The van der Waals surface area contributed by atoms with Crippen LogP contribution in [-0.2, 0) is 0 Å². The van der Waals surface area contributed by atoms with E-state index in [1.54, 1.807) is 6.07 Å². The van der Waals surface area contributed by atoms with Gasteiger partial charge in [0.05, 0.1) is 15.7 Å². The third-order valence-electron chi connectivity index (χ3n) is 2.59. The minimum absolute atomic E-state index is 0.433. The molecule has 90 valence electrons. The topological polar surface area (TPSA) is 12.0 Å². The van der Waals surface area contributed by atoms with Gasteiger partial charge in [0.15, 0.2) is 0 Å². The largest absolute Gasteiger partial charge is 0.381 e. The molecule has 1 aromatic rings. The first kappa shape index (κ1) is 13.7. The molecule has 0 aliphatic rings. The number of nitrogens with one attached hydrogen (secondary N) is 1. The summed E-state index contributed by atoms with van der Waals surface area (Å²) in [4.78, 5) is 0. The summed E-state index contributed by atoms with van der Waals surface area (Å²) in [5.41, 5.74) is 0.929. The molecule has 0 heterocycles. The summed E-state index contributed by atoms with van der Waals surface area (Å²) in [5.74, 6) is 0. The van der Waals surface area contributed by atoms with Crippen LogP contribution in [0.25, 0.3) is 0 Å². The van der Waals surface area contributed by atoms with Crippen molar-refractivity contribution < 1.29 is 0 Å². The summed E-state index contributed by atoms with van der Waals surface area (Å²) in [6.45, 7) is 4.39. The van der Waals surface area contributed by atoms with Gasteiger partial charge in [0.1, 0.15) is 0 Å². The van der Waals surface area contributed by atoms with Crippen molar-refractivity contribution in [2.45, 2.75) is 45.6 Å². The van der Waals surface area contributed by atoms with Crippen LogP contribution in [-0.4, -0.2) is 6.04 Å². The first-order valence-corrected chi connectivity index (χ1v) is 6.61. The Morgan fingerprint density at radius 1 is 1.25 bits per heavy atom. The summed E-state index contributed by atoms with van der Waals surface area (Å²) in [7, 11) is 0. The first-order valence-electron chi connectivity index (χ1n) is 5.85. The molecule has 0 aromatic heterocycles. The van der Waals surface area contributed by atoms with Gasteiger partial charge in [-0.2, -0.15) is 0 Å². The van der Waals surface area contributed by atoms with Crippen molar-refractivity contribution in [2.75, 3.05) is 5.32 Å². The molecular weight excluding hydrogens is 241 g/mol. The molecule has 0 fully saturated rings. The Morgan fingerprint density at radius 3 is 2.69 bits per heavy atom. The fraction of sp³-hybridized carbons (Fsp3) is 0.538. The van der Waals surface area contributed by atoms with E-state index >= 15 is 0 Å². The molecule has 1 unspecified atom stereocenters. The lowest BCUT2D eigenvalue weighted by Gasteiger charge is -2.16. The molecule has 0 saturated heterocycles. The highest BCUT2D eigenvalue weighted by molar-refractivity contribution is 6.43. The molecule has 0 amide bonds. The monoisotopic (exact) mass is 259 g/mol. The summed E-state index contributed by atoms with van der Waals surface area (Å²) in [5, 5.41) is 4.61. The van der Waals surface area contributed by atoms with Gasteiger partial charge in [0.2, 0.25) is 0 Å². The third-order valence-corrected chi connectivity index (χ3v) is 3.41. The second kappa shape index (κ2) is 7.03. The first-order chi connectivity index (χ1) is 7.65. The van der Waals surface area contributed by atoms with E-state index in [4.69, 9.17) is 23.2 Å². The molecular formula is C13H19Cl2N. The fourth-order valence-corrected chi connectivity index (χ4v) is 2.01. The molecule has 1 nitrogen and oxygen atoms in total. The second-order valence-corrected chi connectivity index (χ2v) is 4.93. The zero-order valence-electron chi connectivity index (χ0n) is 9.89. The van der Waals surface area contributed by atoms with Crippen LogP contribution < -0.4 is 5.32 Å². The van der Waals surface area contributed by atoms with Gasteiger partial charge < -0.3 is 5.32 Å². The number of rotatable bonds is 6. The van der Waals surface area contributed by atoms with E-state index in [2.05, 4.69) is 19.2 Å². The normalized spacial score (nSPS) is 12.5. The van der Waals surface area contributed by atoms with Crippen LogP contribution in [0.1, 0.15) is 39.5 Å². The standard InChI is InChI=1S/C13H19Cl2N/c1-3-4-5-7-10(2)16-12-9-6-8-11(14)13(12)15/h6,8-10,16H,3-5,7H2,1-2H3. The van der Waals surface area contributed by atoms with Gasteiger partial charge in [-0.1, -0.05) is 55.5 Å². The highest BCUT2D eigenvalue weighted by Crippen LogP contribution is 2.30. The summed E-state index contributed by atoms with van der Waals surface area (Å²) in [6, 6.07) is 6.11. The van der Waals surface area contributed by atoms with Crippen LogP contribution in [0, 0.1) is 0 Å². The molecule has 0 saturated carbocycles. The van der Waals surface area contributed by atoms with Crippen molar-refractivity contribution in [3.8, 4) is 0 Å². The Morgan fingerprint density at radius 2 is 2.00 bits per heavy atom. The maximum Gasteiger partial charge on any atom is 0.0823 e. The maximum absolute atomic E-state index is 6.10. The third kappa shape index (κ3) is 4.23. The molecule has 3 heteroatoms. The van der Waals surface area contributed by atoms with Crippen molar-refractivity contribution >= 4 is 28.9 Å². The Hall–Kier alpha value is -0.400. The maximum atomic E-state index is 6.10. The summed E-state index contributed by atoms with van der Waals surface area (Å²) in [6.07, 6.45) is 4.96. The van der Waals surface area contributed by atoms with Crippen LogP contribution >= 0.6 is 23.2 Å². The molecule has 1 atom stereocenters. The van der Waals surface area contributed by atoms with E-state index in [-0.39, 0.29) is 0 Å². The minimum Gasteiger partial charge on any atom is -0.381 e. The van der Waals surface area contributed by atoms with E-state index in [1.165, 1.54) is 19.3 Å². The van der Waals surface area contributed by atoms with Gasteiger partial charge in [-0.05, 0) is 25.5 Å². The molecule has 1 rings (SSSR count). The Bertz CT molecular complexity index is 326. The molecule has 0 spiro atoms. The lowest BCUT2D eigenvalue weighted by molar-refractivity contribution is 0.615. The number of anilines is 1. The molecule has 0 aliphatic carbocycles. The highest BCUT2D eigenvalue weighted by Gasteiger charge is 2.07. The second-order valence-electron chi connectivity index (χ2n) is 4.14. The number of hydrogen-bond donors (Lipinski definition) is 1. The van der Waals surface area contributed by atoms with Crippen molar-refractivity contribution in [3.05, 3.63) is 28.2 Å². The Balaban J connectivity index is 2.49. The zero-order valence-corrected chi connectivity index (χ0v) is 11.4. The predicted molar refractivity (Wildman–Crippen MR) is 73.7 cm³/mol. The van der Waals surface area contributed by atoms with Crippen LogP contribution in [0.3, 0.4) is 0 Å². The number of unbranched alkanes of at least 4 members (excludes halogenated alkanes) is 2. The van der Waals surface area contributed by atoms with E-state index in [9.17, 15) is 0 Å². The van der Waals surface area contributed by atoms with Gasteiger partial charge in [0, 0.05) is 6.04 Å². The Labute approximate surface area is 108 Å². The molecule has 1 aromatic carbocycles. The SMILES string of the molecule is CCCCCC(C)Nc1cccc(Cl)c1Cl. The highest BCUT2D eigenvalue weighted by atomic mass is 35.5. The van der Waals surface area contributed by atoms with Crippen LogP contribution in [0.5, 0.6) is 0 Å².